The maximum atomic E-state index is 12.3. The van der Waals surface area contributed by atoms with Gasteiger partial charge in [0.1, 0.15) is 0 Å². The van der Waals surface area contributed by atoms with E-state index in [4.69, 9.17) is 0 Å². The Morgan fingerprint density at radius 3 is 2.72 bits per heavy atom. The lowest BCUT2D eigenvalue weighted by Gasteiger charge is -2.61. The van der Waals surface area contributed by atoms with Crippen molar-refractivity contribution in [2.45, 2.75) is 24.8 Å². The maximum Gasteiger partial charge on any atom is 0.253 e. The van der Waals surface area contributed by atoms with E-state index in [2.05, 4.69) is 26.0 Å². The molecule has 0 spiro atoms. The fourth-order valence-corrected chi connectivity index (χ4v) is 3.60. The third-order valence-electron chi connectivity index (χ3n) is 3.86. The molecule has 3 aliphatic rings. The zero-order valence-corrected chi connectivity index (χ0v) is 12.5. The second kappa shape index (κ2) is 4.46. The van der Waals surface area contributed by atoms with Gasteiger partial charge in [0.15, 0.2) is 0 Å². The number of carbonyl (C=O) groups is 1. The van der Waals surface area contributed by atoms with Crippen molar-refractivity contribution in [3.05, 3.63) is 28.2 Å². The molecule has 5 heteroatoms. The number of rotatable bonds is 4. The van der Waals surface area contributed by atoms with E-state index in [0.717, 1.165) is 21.6 Å². The number of hydrogen-bond acceptors (Lipinski definition) is 3. The van der Waals surface area contributed by atoms with Crippen LogP contribution < -0.4 is 10.0 Å². The highest BCUT2D eigenvalue weighted by molar-refractivity contribution is 9.10. The summed E-state index contributed by atoms with van der Waals surface area (Å²) >= 11 is 4.92. The molecule has 1 amide bonds. The van der Waals surface area contributed by atoms with Crippen molar-refractivity contribution < 1.29 is 4.79 Å². The second-order valence-electron chi connectivity index (χ2n) is 5.21. The Kier molecular flexibility index (Phi) is 3.06. The molecule has 0 atom stereocenters. The van der Waals surface area contributed by atoms with E-state index in [0.29, 0.717) is 0 Å². The van der Waals surface area contributed by atoms with Gasteiger partial charge >= 0.3 is 0 Å². The summed E-state index contributed by atoms with van der Waals surface area (Å²) in [5, 5.41) is 3.19. The van der Waals surface area contributed by atoms with Crippen LogP contribution in [0.3, 0.4) is 0 Å². The van der Waals surface area contributed by atoms with Gasteiger partial charge in [-0.1, -0.05) is 27.9 Å². The molecule has 0 aromatic heterocycles. The van der Waals surface area contributed by atoms with Crippen LogP contribution in [0.2, 0.25) is 0 Å². The molecular formula is C13H15BrN2OS. The fourth-order valence-electron chi connectivity index (χ4n) is 2.85. The van der Waals surface area contributed by atoms with Crippen LogP contribution in [-0.4, -0.2) is 17.7 Å². The molecule has 96 valence electrons. The van der Waals surface area contributed by atoms with E-state index < -0.39 is 0 Å². The van der Waals surface area contributed by atoms with Crippen LogP contribution in [-0.2, 0) is 0 Å². The first-order chi connectivity index (χ1) is 8.62. The largest absolute Gasteiger partial charge is 0.347 e. The van der Waals surface area contributed by atoms with E-state index in [1.165, 1.54) is 31.2 Å². The third-order valence-corrected chi connectivity index (χ3v) is 4.77. The molecule has 1 aromatic rings. The Morgan fingerprint density at radius 2 is 2.17 bits per heavy atom. The van der Waals surface area contributed by atoms with E-state index >= 15 is 0 Å². The summed E-state index contributed by atoms with van der Waals surface area (Å²) < 4.78 is 4.13. The number of hydrogen-bond donors (Lipinski definition) is 2. The van der Waals surface area contributed by atoms with Crippen LogP contribution in [0.1, 0.15) is 29.6 Å². The van der Waals surface area contributed by atoms with Crippen molar-refractivity contribution in [1.82, 2.24) is 5.32 Å². The van der Waals surface area contributed by atoms with Gasteiger partial charge in [0, 0.05) is 16.3 Å². The van der Waals surface area contributed by atoms with Crippen molar-refractivity contribution in [3.63, 3.8) is 0 Å². The smallest absolute Gasteiger partial charge is 0.253 e. The van der Waals surface area contributed by atoms with Gasteiger partial charge in [0.25, 0.3) is 5.91 Å². The number of carbonyl (C=O) groups excluding carboxylic acids is 1. The highest BCUT2D eigenvalue weighted by Gasteiger charge is 2.57. The molecule has 3 saturated carbocycles. The Hall–Kier alpha value is -0.680. The highest BCUT2D eigenvalue weighted by Crippen LogP contribution is 2.57. The third kappa shape index (κ3) is 2.03. The number of benzene rings is 1. The van der Waals surface area contributed by atoms with Crippen molar-refractivity contribution in [2.24, 2.45) is 5.92 Å². The minimum atomic E-state index is 0.0391. The molecule has 2 N–H and O–H groups in total. The average Bonchev–Trinajstić information content (AvgIpc) is 2.22. The predicted octanol–water partition coefficient (Wildman–Crippen LogP) is 3.42. The van der Waals surface area contributed by atoms with Crippen molar-refractivity contribution in [1.29, 1.82) is 0 Å². The standard InChI is InChI=1S/C13H15BrN2OS/c1-18-16-11-4-9(14)2-3-10(11)12(17)15-13-5-8(6-13)7-13/h2-4,8,16H,5-7H2,1H3,(H,15,17). The zero-order valence-electron chi connectivity index (χ0n) is 10.1. The molecule has 3 nitrogen and oxygen atoms in total. The molecular weight excluding hydrogens is 312 g/mol. The molecule has 1 aromatic carbocycles. The number of halogens is 1. The molecule has 0 radical (unpaired) electrons. The normalized spacial score (nSPS) is 28.0. The summed E-state index contributed by atoms with van der Waals surface area (Å²) in [6.45, 7) is 0. The lowest BCUT2D eigenvalue weighted by atomic mass is 9.50. The van der Waals surface area contributed by atoms with E-state index in [-0.39, 0.29) is 11.4 Å². The van der Waals surface area contributed by atoms with Crippen molar-refractivity contribution in [3.8, 4) is 0 Å². The lowest BCUT2D eigenvalue weighted by Crippen LogP contribution is -2.68. The first-order valence-corrected chi connectivity index (χ1v) is 8.05. The maximum absolute atomic E-state index is 12.3. The molecule has 0 heterocycles. The summed E-state index contributed by atoms with van der Waals surface area (Å²) in [7, 11) is 0. The molecule has 0 saturated heterocycles. The van der Waals surface area contributed by atoms with E-state index in [9.17, 15) is 4.79 Å². The summed E-state index contributed by atoms with van der Waals surface area (Å²) in [4.78, 5) is 12.3. The minimum Gasteiger partial charge on any atom is -0.347 e. The van der Waals surface area contributed by atoms with Gasteiger partial charge in [-0.2, -0.15) is 0 Å². The lowest BCUT2D eigenvalue weighted by molar-refractivity contribution is -0.0438. The van der Waals surface area contributed by atoms with Gasteiger partial charge in [0.2, 0.25) is 0 Å². The first kappa shape index (κ1) is 12.4. The SMILES string of the molecule is CSNc1cc(Br)ccc1C(=O)NC12CC(C1)C2. The van der Waals surface area contributed by atoms with E-state index in [1.807, 2.05) is 24.5 Å². The van der Waals surface area contributed by atoms with Crippen LogP contribution in [0.5, 0.6) is 0 Å². The Labute approximate surface area is 119 Å². The Morgan fingerprint density at radius 1 is 1.44 bits per heavy atom. The zero-order chi connectivity index (χ0) is 12.8. The van der Waals surface area contributed by atoms with Crippen LogP contribution in [0.15, 0.2) is 22.7 Å². The molecule has 0 unspecified atom stereocenters. The van der Waals surface area contributed by atoms with Gasteiger partial charge in [-0.15, -0.1) is 0 Å². The molecule has 0 aliphatic heterocycles. The summed E-state index contributed by atoms with van der Waals surface area (Å²) in [6.07, 6.45) is 5.45. The summed E-state index contributed by atoms with van der Waals surface area (Å²) in [5.41, 5.74) is 1.71. The molecule has 2 bridgehead atoms. The summed E-state index contributed by atoms with van der Waals surface area (Å²) in [5.74, 6) is 0.913. The number of anilines is 1. The molecule has 3 fully saturated rings. The minimum absolute atomic E-state index is 0.0391. The van der Waals surface area contributed by atoms with Gasteiger partial charge in [-0.3, -0.25) is 4.79 Å². The van der Waals surface area contributed by atoms with Crippen LogP contribution in [0.4, 0.5) is 5.69 Å². The Balaban J connectivity index is 1.79. The number of nitrogens with one attached hydrogen (secondary N) is 2. The molecule has 3 aliphatic carbocycles. The highest BCUT2D eigenvalue weighted by atomic mass is 79.9. The average molecular weight is 327 g/mol. The first-order valence-electron chi connectivity index (χ1n) is 6.03. The molecule has 18 heavy (non-hydrogen) atoms. The Bertz CT molecular complexity index is 489. The quantitative estimate of drug-likeness (QED) is 0.833. The summed E-state index contributed by atoms with van der Waals surface area (Å²) in [6, 6.07) is 5.71. The van der Waals surface area contributed by atoms with Crippen molar-refractivity contribution >= 4 is 39.5 Å². The molecule has 4 rings (SSSR count). The number of amides is 1. The fraction of sp³-hybridized carbons (Fsp3) is 0.462. The van der Waals surface area contributed by atoms with Gasteiger partial charge in [-0.05, 0) is 43.4 Å². The predicted molar refractivity (Wildman–Crippen MR) is 78.8 cm³/mol. The van der Waals surface area contributed by atoms with E-state index in [1.54, 1.807) is 0 Å². The van der Waals surface area contributed by atoms with Crippen LogP contribution in [0, 0.1) is 5.92 Å². The van der Waals surface area contributed by atoms with Crippen LogP contribution in [0.25, 0.3) is 0 Å². The van der Waals surface area contributed by atoms with Gasteiger partial charge in [0.05, 0.1) is 11.3 Å². The van der Waals surface area contributed by atoms with Gasteiger partial charge in [-0.25, -0.2) is 0 Å². The van der Waals surface area contributed by atoms with Crippen LogP contribution >= 0.6 is 27.9 Å². The second-order valence-corrected chi connectivity index (χ2v) is 6.74. The topological polar surface area (TPSA) is 41.1 Å². The van der Waals surface area contributed by atoms with Gasteiger partial charge < -0.3 is 10.0 Å². The monoisotopic (exact) mass is 326 g/mol. The van der Waals surface area contributed by atoms with Crippen molar-refractivity contribution in [2.75, 3.05) is 11.0 Å².